The minimum Gasteiger partial charge on any atom is -0.496 e. The van der Waals surface area contributed by atoms with Crippen molar-refractivity contribution < 1.29 is 23.9 Å². The van der Waals surface area contributed by atoms with Gasteiger partial charge >= 0.3 is 18.0 Å². The van der Waals surface area contributed by atoms with Crippen LogP contribution in [0.2, 0.25) is 0 Å². The van der Waals surface area contributed by atoms with E-state index < -0.39 is 12.0 Å². The van der Waals surface area contributed by atoms with E-state index in [4.69, 9.17) is 9.47 Å². The summed E-state index contributed by atoms with van der Waals surface area (Å²) in [6, 6.07) is 6.29. The van der Waals surface area contributed by atoms with E-state index in [-0.39, 0.29) is 24.2 Å². The summed E-state index contributed by atoms with van der Waals surface area (Å²) in [4.78, 5) is 45.0. The highest BCUT2D eigenvalue weighted by Crippen LogP contribution is 2.36. The van der Waals surface area contributed by atoms with Crippen LogP contribution in [0.15, 0.2) is 35.5 Å². The SMILES string of the molecule is CCOC(=O)C1=C(CN2CCCN(C(=O)NC(C)(C)C)CC2)N(CC)C(=O)NC1c1ccccc1OC. The molecule has 0 spiro atoms. The molecule has 2 heterocycles. The van der Waals surface area contributed by atoms with Crippen molar-refractivity contribution in [3.8, 4) is 5.75 Å². The number of para-hydroxylation sites is 1. The average molecular weight is 516 g/mol. The van der Waals surface area contributed by atoms with Gasteiger partial charge in [0.1, 0.15) is 5.75 Å². The lowest BCUT2D eigenvalue weighted by Gasteiger charge is -2.38. The normalized spacial score (nSPS) is 19.3. The highest BCUT2D eigenvalue weighted by Gasteiger charge is 2.39. The second-order valence-electron chi connectivity index (χ2n) is 10.2. The van der Waals surface area contributed by atoms with Gasteiger partial charge in [0.05, 0.1) is 25.3 Å². The molecule has 37 heavy (non-hydrogen) atoms. The van der Waals surface area contributed by atoms with Gasteiger partial charge in [-0.25, -0.2) is 14.4 Å². The zero-order valence-electron chi connectivity index (χ0n) is 22.9. The van der Waals surface area contributed by atoms with E-state index in [0.29, 0.717) is 55.3 Å². The number of likely N-dealkylation sites (N-methyl/N-ethyl adjacent to an activating group) is 1. The van der Waals surface area contributed by atoms with Crippen LogP contribution >= 0.6 is 0 Å². The third kappa shape index (κ3) is 6.94. The number of carbonyl (C=O) groups is 3. The summed E-state index contributed by atoms with van der Waals surface area (Å²) in [6.45, 7) is 13.1. The fraction of sp³-hybridized carbons (Fsp3) is 0.593. The average Bonchev–Trinajstić information content (AvgIpc) is 3.08. The van der Waals surface area contributed by atoms with Gasteiger partial charge in [0, 0.05) is 56.1 Å². The zero-order valence-corrected chi connectivity index (χ0v) is 22.9. The number of hydrogen-bond donors (Lipinski definition) is 2. The molecule has 1 saturated heterocycles. The number of nitrogens with one attached hydrogen (secondary N) is 2. The first-order chi connectivity index (χ1) is 17.6. The molecule has 0 bridgehead atoms. The van der Waals surface area contributed by atoms with E-state index in [1.807, 2.05) is 56.9 Å². The predicted molar refractivity (Wildman–Crippen MR) is 141 cm³/mol. The summed E-state index contributed by atoms with van der Waals surface area (Å²) in [5.74, 6) is 0.113. The fourth-order valence-corrected chi connectivity index (χ4v) is 4.74. The monoisotopic (exact) mass is 515 g/mol. The lowest BCUT2D eigenvalue weighted by molar-refractivity contribution is -0.139. The molecule has 204 valence electrons. The number of carbonyl (C=O) groups excluding carboxylic acids is 3. The first-order valence-electron chi connectivity index (χ1n) is 13.0. The smallest absolute Gasteiger partial charge is 0.338 e. The Morgan fingerprint density at radius 2 is 1.84 bits per heavy atom. The van der Waals surface area contributed by atoms with Gasteiger partial charge in [0.25, 0.3) is 0 Å². The van der Waals surface area contributed by atoms with Crippen LogP contribution in [0.5, 0.6) is 5.75 Å². The van der Waals surface area contributed by atoms with E-state index >= 15 is 0 Å². The van der Waals surface area contributed by atoms with Crippen molar-refractivity contribution in [1.29, 1.82) is 0 Å². The Bertz CT molecular complexity index is 1020. The molecular weight excluding hydrogens is 474 g/mol. The molecule has 2 N–H and O–H groups in total. The van der Waals surface area contributed by atoms with Crippen LogP contribution in [0.25, 0.3) is 0 Å². The van der Waals surface area contributed by atoms with E-state index in [0.717, 1.165) is 13.0 Å². The van der Waals surface area contributed by atoms with Gasteiger partial charge in [-0.2, -0.15) is 0 Å². The Balaban J connectivity index is 1.95. The van der Waals surface area contributed by atoms with E-state index in [1.54, 1.807) is 18.9 Å². The van der Waals surface area contributed by atoms with E-state index in [2.05, 4.69) is 15.5 Å². The van der Waals surface area contributed by atoms with Crippen LogP contribution in [0.4, 0.5) is 9.59 Å². The number of urea groups is 2. The van der Waals surface area contributed by atoms with Crippen molar-refractivity contribution in [2.45, 2.75) is 52.6 Å². The highest BCUT2D eigenvalue weighted by molar-refractivity contribution is 5.95. The number of nitrogens with zero attached hydrogens (tertiary/aromatic N) is 3. The van der Waals surface area contributed by atoms with Crippen LogP contribution < -0.4 is 15.4 Å². The number of esters is 1. The number of hydrogen-bond acceptors (Lipinski definition) is 6. The number of benzene rings is 1. The van der Waals surface area contributed by atoms with Crippen LogP contribution in [0, 0.1) is 0 Å². The Hall–Kier alpha value is -3.27. The van der Waals surface area contributed by atoms with Crippen molar-refractivity contribution in [2.24, 2.45) is 0 Å². The van der Waals surface area contributed by atoms with Crippen molar-refractivity contribution in [2.75, 3.05) is 53.0 Å². The van der Waals surface area contributed by atoms with Crippen molar-refractivity contribution >= 4 is 18.0 Å². The summed E-state index contributed by atoms with van der Waals surface area (Å²) in [5.41, 5.74) is 1.40. The van der Waals surface area contributed by atoms with Crippen LogP contribution in [-0.4, -0.2) is 91.3 Å². The zero-order chi connectivity index (χ0) is 27.2. The molecule has 1 unspecified atom stereocenters. The van der Waals surface area contributed by atoms with Gasteiger partial charge in [-0.05, 0) is 47.1 Å². The largest absolute Gasteiger partial charge is 0.496 e. The molecule has 0 radical (unpaired) electrons. The van der Waals surface area contributed by atoms with Gasteiger partial charge in [-0.3, -0.25) is 9.80 Å². The Labute approximate surface area is 219 Å². The third-order valence-electron chi connectivity index (χ3n) is 6.43. The number of methoxy groups -OCH3 is 1. The van der Waals surface area contributed by atoms with Crippen molar-refractivity contribution in [3.05, 3.63) is 41.1 Å². The van der Waals surface area contributed by atoms with Crippen LogP contribution in [0.3, 0.4) is 0 Å². The molecule has 3 rings (SSSR count). The first-order valence-corrected chi connectivity index (χ1v) is 13.0. The number of amides is 4. The summed E-state index contributed by atoms with van der Waals surface area (Å²) < 4.78 is 11.0. The maximum Gasteiger partial charge on any atom is 0.338 e. The predicted octanol–water partition coefficient (Wildman–Crippen LogP) is 3.11. The highest BCUT2D eigenvalue weighted by atomic mass is 16.5. The van der Waals surface area contributed by atoms with Gasteiger partial charge in [-0.15, -0.1) is 0 Å². The maximum atomic E-state index is 13.4. The number of rotatable bonds is 7. The third-order valence-corrected chi connectivity index (χ3v) is 6.43. The molecule has 10 nitrogen and oxygen atoms in total. The summed E-state index contributed by atoms with van der Waals surface area (Å²) in [6.07, 6.45) is 0.786. The molecule has 10 heteroatoms. The lowest BCUT2D eigenvalue weighted by Crippen LogP contribution is -2.51. The summed E-state index contributed by atoms with van der Waals surface area (Å²) >= 11 is 0. The molecule has 1 fully saturated rings. The number of ether oxygens (including phenoxy) is 2. The molecule has 1 aromatic rings. The van der Waals surface area contributed by atoms with Crippen molar-refractivity contribution in [3.63, 3.8) is 0 Å². The van der Waals surface area contributed by atoms with Gasteiger partial charge in [-0.1, -0.05) is 18.2 Å². The standard InChI is InChI=1S/C27H41N5O5/c1-7-32-20(18-30-14-11-15-31(17-16-30)26(35)29-27(3,4)5)22(24(33)37-8-2)23(28-25(32)34)19-12-9-10-13-21(19)36-6/h9-10,12-13,23H,7-8,11,14-18H2,1-6H3,(H,28,34)(H,29,35). The quantitative estimate of drug-likeness (QED) is 0.541. The van der Waals surface area contributed by atoms with E-state index in [9.17, 15) is 14.4 Å². The second kappa shape index (κ2) is 12.3. The molecule has 0 aliphatic carbocycles. The molecule has 0 aromatic heterocycles. The second-order valence-corrected chi connectivity index (χ2v) is 10.2. The topological polar surface area (TPSA) is 103 Å². The van der Waals surface area contributed by atoms with E-state index in [1.165, 1.54) is 0 Å². The van der Waals surface area contributed by atoms with Crippen molar-refractivity contribution in [1.82, 2.24) is 25.3 Å². The minimum atomic E-state index is -0.707. The molecule has 0 saturated carbocycles. The Morgan fingerprint density at radius 1 is 1.11 bits per heavy atom. The Kier molecular flexibility index (Phi) is 9.42. The Morgan fingerprint density at radius 3 is 2.49 bits per heavy atom. The van der Waals surface area contributed by atoms with Gasteiger partial charge in [0.15, 0.2) is 0 Å². The van der Waals surface area contributed by atoms with Gasteiger partial charge in [0.2, 0.25) is 0 Å². The molecular formula is C27H41N5O5. The summed E-state index contributed by atoms with van der Waals surface area (Å²) in [5, 5.41) is 6.02. The molecule has 4 amide bonds. The molecule has 2 aliphatic heterocycles. The maximum absolute atomic E-state index is 13.4. The minimum absolute atomic E-state index is 0.0794. The van der Waals surface area contributed by atoms with Gasteiger partial charge < -0.3 is 25.0 Å². The summed E-state index contributed by atoms with van der Waals surface area (Å²) in [7, 11) is 1.56. The molecule has 1 atom stereocenters. The first kappa shape index (κ1) is 28.3. The fourth-order valence-electron chi connectivity index (χ4n) is 4.74. The van der Waals surface area contributed by atoms with Crippen LogP contribution in [-0.2, 0) is 9.53 Å². The lowest BCUT2D eigenvalue weighted by atomic mass is 9.93. The molecule has 2 aliphatic rings. The van der Waals surface area contributed by atoms with Crippen LogP contribution in [0.1, 0.15) is 52.6 Å². The molecule has 1 aromatic carbocycles.